The van der Waals surface area contributed by atoms with Crippen molar-refractivity contribution in [2.45, 2.75) is 46.1 Å². The largest absolute Gasteiger partial charge is 0.482 e. The van der Waals surface area contributed by atoms with Crippen LogP contribution in [0.25, 0.3) is 0 Å². The molecule has 0 saturated heterocycles. The molecule has 0 radical (unpaired) electrons. The molecule has 28 heavy (non-hydrogen) atoms. The molecular formula is C20H26N2O6. The summed E-state index contributed by atoms with van der Waals surface area (Å²) in [7, 11) is 0. The average molecular weight is 390 g/mol. The Labute approximate surface area is 164 Å². The molecule has 8 heteroatoms. The minimum Gasteiger partial charge on any atom is -0.482 e. The SMILES string of the molecule is CCOC(=O)CCC(=O)c1ccc2c(c1)N(CC(=O)NC(C)CC)C(=O)CO2. The number of carbonyl (C=O) groups excluding carboxylic acids is 4. The summed E-state index contributed by atoms with van der Waals surface area (Å²) in [6.07, 6.45) is 0.764. The number of esters is 1. The smallest absolute Gasteiger partial charge is 0.306 e. The molecule has 0 spiro atoms. The number of nitrogens with one attached hydrogen (secondary N) is 1. The first-order valence-corrected chi connectivity index (χ1v) is 9.41. The summed E-state index contributed by atoms with van der Waals surface area (Å²) in [6.45, 7) is 5.48. The van der Waals surface area contributed by atoms with E-state index >= 15 is 0 Å². The lowest BCUT2D eigenvalue weighted by Crippen LogP contribution is -2.46. The Morgan fingerprint density at radius 1 is 1.25 bits per heavy atom. The summed E-state index contributed by atoms with van der Waals surface area (Å²) in [5.74, 6) is -0.899. The number of nitrogens with zero attached hydrogens (tertiary/aromatic N) is 1. The molecular weight excluding hydrogens is 364 g/mol. The molecule has 1 unspecified atom stereocenters. The molecule has 152 valence electrons. The van der Waals surface area contributed by atoms with Gasteiger partial charge in [-0.05, 0) is 38.5 Å². The highest BCUT2D eigenvalue weighted by molar-refractivity contribution is 6.04. The number of ketones is 1. The van der Waals surface area contributed by atoms with E-state index in [0.29, 0.717) is 17.0 Å². The van der Waals surface area contributed by atoms with Gasteiger partial charge in [-0.15, -0.1) is 0 Å². The minimum absolute atomic E-state index is 0.000917. The van der Waals surface area contributed by atoms with Gasteiger partial charge in [0, 0.05) is 18.0 Å². The Bertz CT molecular complexity index is 761. The predicted molar refractivity (Wildman–Crippen MR) is 102 cm³/mol. The van der Waals surface area contributed by atoms with Crippen LogP contribution in [0.15, 0.2) is 18.2 Å². The monoisotopic (exact) mass is 390 g/mol. The third kappa shape index (κ3) is 5.55. The first-order chi connectivity index (χ1) is 13.3. The Balaban J connectivity index is 2.15. The lowest BCUT2D eigenvalue weighted by atomic mass is 10.0. The number of amides is 2. The van der Waals surface area contributed by atoms with Gasteiger partial charge in [0.25, 0.3) is 5.91 Å². The second-order valence-electron chi connectivity index (χ2n) is 6.56. The van der Waals surface area contributed by atoms with Gasteiger partial charge in [0.15, 0.2) is 12.4 Å². The van der Waals surface area contributed by atoms with E-state index in [1.807, 2.05) is 13.8 Å². The topological polar surface area (TPSA) is 102 Å². The summed E-state index contributed by atoms with van der Waals surface area (Å²) in [5.41, 5.74) is 0.714. The van der Waals surface area contributed by atoms with Gasteiger partial charge in [0.1, 0.15) is 12.3 Å². The number of rotatable bonds is 9. The predicted octanol–water partition coefficient (Wildman–Crippen LogP) is 1.85. The molecule has 0 fully saturated rings. The molecule has 0 aliphatic carbocycles. The summed E-state index contributed by atoms with van der Waals surface area (Å²) in [4.78, 5) is 49.7. The van der Waals surface area contributed by atoms with E-state index in [1.165, 1.54) is 11.0 Å². The zero-order valence-electron chi connectivity index (χ0n) is 16.4. The van der Waals surface area contributed by atoms with Crippen LogP contribution in [0.1, 0.15) is 50.4 Å². The van der Waals surface area contributed by atoms with Crippen molar-refractivity contribution in [2.24, 2.45) is 0 Å². The molecule has 2 rings (SSSR count). The standard InChI is InChI=1S/C20H26N2O6/c1-4-13(3)21-18(24)11-22-15-10-14(6-8-17(15)28-12-19(22)25)16(23)7-9-20(26)27-5-2/h6,8,10,13H,4-5,7,9,11-12H2,1-3H3,(H,21,24). The van der Waals surface area contributed by atoms with E-state index in [0.717, 1.165) is 6.42 Å². The molecule has 0 bridgehead atoms. The van der Waals surface area contributed by atoms with Crippen LogP contribution in [0.3, 0.4) is 0 Å². The molecule has 1 aliphatic heterocycles. The van der Waals surface area contributed by atoms with Crippen LogP contribution in [-0.2, 0) is 19.1 Å². The zero-order valence-corrected chi connectivity index (χ0v) is 16.4. The summed E-state index contributed by atoms with van der Waals surface area (Å²) in [5, 5.41) is 2.82. The maximum absolute atomic E-state index is 12.4. The van der Waals surface area contributed by atoms with Gasteiger partial charge in [0.05, 0.1) is 18.7 Å². The fourth-order valence-corrected chi connectivity index (χ4v) is 2.71. The maximum Gasteiger partial charge on any atom is 0.306 e. The van der Waals surface area contributed by atoms with Crippen LogP contribution < -0.4 is 15.0 Å². The average Bonchev–Trinajstić information content (AvgIpc) is 2.68. The molecule has 0 aromatic heterocycles. The van der Waals surface area contributed by atoms with E-state index in [9.17, 15) is 19.2 Å². The number of anilines is 1. The Morgan fingerprint density at radius 3 is 2.68 bits per heavy atom. The number of fused-ring (bicyclic) bond motifs is 1. The van der Waals surface area contributed by atoms with Gasteiger partial charge < -0.3 is 14.8 Å². The fraction of sp³-hybridized carbons (Fsp3) is 0.500. The number of Topliss-reactive ketones (excluding diaryl/α,β-unsaturated/α-hetero) is 1. The summed E-state index contributed by atoms with van der Waals surface area (Å²) in [6, 6.07) is 4.70. The van der Waals surface area contributed by atoms with E-state index < -0.39 is 5.97 Å². The minimum atomic E-state index is -0.435. The van der Waals surface area contributed by atoms with Gasteiger partial charge in [-0.3, -0.25) is 24.1 Å². The van der Waals surface area contributed by atoms with Crippen LogP contribution >= 0.6 is 0 Å². The lowest BCUT2D eigenvalue weighted by molar-refractivity contribution is -0.143. The highest BCUT2D eigenvalue weighted by Crippen LogP contribution is 2.33. The van der Waals surface area contributed by atoms with E-state index in [1.54, 1.807) is 19.1 Å². The number of carbonyl (C=O) groups is 4. The Kier molecular flexibility index (Phi) is 7.54. The first kappa shape index (κ1) is 21.4. The van der Waals surface area contributed by atoms with Crippen molar-refractivity contribution < 1.29 is 28.7 Å². The van der Waals surface area contributed by atoms with Crippen LogP contribution in [0.4, 0.5) is 5.69 Å². The van der Waals surface area contributed by atoms with Crippen LogP contribution in [0.5, 0.6) is 5.75 Å². The van der Waals surface area contributed by atoms with E-state index in [2.05, 4.69) is 5.32 Å². The van der Waals surface area contributed by atoms with Gasteiger partial charge in [-0.25, -0.2) is 0 Å². The molecule has 0 saturated carbocycles. The van der Waals surface area contributed by atoms with Crippen molar-refractivity contribution in [3.8, 4) is 5.75 Å². The molecule has 1 N–H and O–H groups in total. The number of ether oxygens (including phenoxy) is 2. The maximum atomic E-state index is 12.4. The van der Waals surface area contributed by atoms with Gasteiger partial charge in [-0.2, -0.15) is 0 Å². The molecule has 8 nitrogen and oxygen atoms in total. The third-order valence-corrected chi connectivity index (χ3v) is 4.41. The third-order valence-electron chi connectivity index (χ3n) is 4.41. The van der Waals surface area contributed by atoms with Crippen LogP contribution in [0.2, 0.25) is 0 Å². The van der Waals surface area contributed by atoms with Crippen LogP contribution in [0, 0.1) is 0 Å². The number of hydrogen-bond donors (Lipinski definition) is 1. The second kappa shape index (κ2) is 9.87. The highest BCUT2D eigenvalue weighted by atomic mass is 16.5. The molecule has 1 atom stereocenters. The fourth-order valence-electron chi connectivity index (χ4n) is 2.71. The Morgan fingerprint density at radius 2 is 2.00 bits per heavy atom. The van der Waals surface area contributed by atoms with Crippen molar-refractivity contribution in [3.05, 3.63) is 23.8 Å². The lowest BCUT2D eigenvalue weighted by Gasteiger charge is -2.29. The molecule has 1 aromatic rings. The van der Waals surface area contributed by atoms with Crippen molar-refractivity contribution >= 4 is 29.3 Å². The zero-order chi connectivity index (χ0) is 20.7. The van der Waals surface area contributed by atoms with Gasteiger partial charge >= 0.3 is 5.97 Å². The summed E-state index contributed by atoms with van der Waals surface area (Å²) < 4.78 is 10.2. The van der Waals surface area contributed by atoms with E-state index in [-0.39, 0.29) is 56.2 Å². The van der Waals surface area contributed by atoms with E-state index in [4.69, 9.17) is 9.47 Å². The van der Waals surface area contributed by atoms with Crippen molar-refractivity contribution in [2.75, 3.05) is 24.7 Å². The van der Waals surface area contributed by atoms with Crippen molar-refractivity contribution in [3.63, 3.8) is 0 Å². The van der Waals surface area contributed by atoms with Gasteiger partial charge in [-0.1, -0.05) is 6.92 Å². The first-order valence-electron chi connectivity index (χ1n) is 9.41. The molecule has 2 amide bonds. The Hall–Kier alpha value is -2.90. The van der Waals surface area contributed by atoms with Crippen LogP contribution in [-0.4, -0.2) is 49.4 Å². The van der Waals surface area contributed by atoms with Gasteiger partial charge in [0.2, 0.25) is 5.91 Å². The molecule has 1 aromatic carbocycles. The number of benzene rings is 1. The molecule has 1 heterocycles. The molecule has 1 aliphatic rings. The number of hydrogen-bond acceptors (Lipinski definition) is 6. The normalized spacial score (nSPS) is 14.0. The quantitative estimate of drug-likeness (QED) is 0.510. The second-order valence-corrected chi connectivity index (χ2v) is 6.56. The highest BCUT2D eigenvalue weighted by Gasteiger charge is 2.28. The summed E-state index contributed by atoms with van der Waals surface area (Å²) >= 11 is 0. The van der Waals surface area contributed by atoms with Crippen molar-refractivity contribution in [1.29, 1.82) is 0 Å². The van der Waals surface area contributed by atoms with Crippen molar-refractivity contribution in [1.82, 2.24) is 5.32 Å².